The van der Waals surface area contributed by atoms with Gasteiger partial charge in [-0.05, 0) is 18.6 Å². The summed E-state index contributed by atoms with van der Waals surface area (Å²) >= 11 is 0. The Kier molecular flexibility index (Phi) is 4.93. The van der Waals surface area contributed by atoms with Crippen LogP contribution in [0, 0.1) is 0 Å². The zero-order valence-corrected chi connectivity index (χ0v) is 9.63. The number of carbonyl (C=O) groups excluding carboxylic acids is 1. The van der Waals surface area contributed by atoms with Gasteiger partial charge in [0.1, 0.15) is 0 Å². The maximum absolute atomic E-state index is 11.8. The zero-order valence-electron chi connectivity index (χ0n) is 9.63. The minimum absolute atomic E-state index is 0.00379. The molecule has 1 unspecified atom stereocenters. The molecule has 0 radical (unpaired) electrons. The second-order valence-corrected chi connectivity index (χ2v) is 3.58. The van der Waals surface area contributed by atoms with Crippen LogP contribution in [0.3, 0.4) is 0 Å². The SMILES string of the molecule is CCCC(NC(=O)c1cccnc1)/C(N)=N/O. The molecule has 4 N–H and O–H groups in total. The summed E-state index contributed by atoms with van der Waals surface area (Å²) in [5.41, 5.74) is 5.94. The molecular formula is C11H16N4O2. The molecular weight excluding hydrogens is 220 g/mol. The van der Waals surface area contributed by atoms with Crippen LogP contribution in [-0.2, 0) is 0 Å². The first-order chi connectivity index (χ1) is 8.19. The van der Waals surface area contributed by atoms with Crippen molar-refractivity contribution in [3.63, 3.8) is 0 Å². The van der Waals surface area contributed by atoms with E-state index >= 15 is 0 Å². The number of carbonyl (C=O) groups is 1. The largest absolute Gasteiger partial charge is 0.409 e. The first-order valence-corrected chi connectivity index (χ1v) is 5.37. The van der Waals surface area contributed by atoms with Crippen molar-refractivity contribution in [2.24, 2.45) is 10.9 Å². The summed E-state index contributed by atoms with van der Waals surface area (Å²) in [6.07, 6.45) is 4.48. The summed E-state index contributed by atoms with van der Waals surface area (Å²) in [5, 5.41) is 14.2. The van der Waals surface area contributed by atoms with E-state index in [4.69, 9.17) is 10.9 Å². The highest BCUT2D eigenvalue weighted by molar-refractivity contribution is 5.97. The Hall–Kier alpha value is -2.11. The predicted molar refractivity (Wildman–Crippen MR) is 63.8 cm³/mol. The van der Waals surface area contributed by atoms with Crippen molar-refractivity contribution in [1.82, 2.24) is 10.3 Å². The highest BCUT2D eigenvalue weighted by Crippen LogP contribution is 2.01. The van der Waals surface area contributed by atoms with Gasteiger partial charge in [-0.2, -0.15) is 0 Å². The maximum Gasteiger partial charge on any atom is 0.253 e. The van der Waals surface area contributed by atoms with E-state index in [0.717, 1.165) is 6.42 Å². The number of nitrogens with one attached hydrogen (secondary N) is 1. The van der Waals surface area contributed by atoms with E-state index in [2.05, 4.69) is 15.5 Å². The van der Waals surface area contributed by atoms with Gasteiger partial charge in [0.2, 0.25) is 0 Å². The average molecular weight is 236 g/mol. The summed E-state index contributed by atoms with van der Waals surface area (Å²) in [4.78, 5) is 15.7. The monoisotopic (exact) mass is 236 g/mol. The highest BCUT2D eigenvalue weighted by Gasteiger charge is 2.16. The molecule has 0 aliphatic carbocycles. The van der Waals surface area contributed by atoms with Crippen LogP contribution in [-0.4, -0.2) is 28.0 Å². The molecule has 92 valence electrons. The molecule has 0 aliphatic rings. The van der Waals surface area contributed by atoms with E-state index in [1.54, 1.807) is 18.3 Å². The van der Waals surface area contributed by atoms with Gasteiger partial charge in [0.15, 0.2) is 5.84 Å². The Balaban J connectivity index is 2.71. The Bertz CT molecular complexity index is 392. The van der Waals surface area contributed by atoms with Crippen molar-refractivity contribution in [3.8, 4) is 0 Å². The van der Waals surface area contributed by atoms with Crippen molar-refractivity contribution < 1.29 is 10.0 Å². The maximum atomic E-state index is 11.8. The normalized spacial score (nSPS) is 13.1. The fourth-order valence-corrected chi connectivity index (χ4v) is 1.39. The van der Waals surface area contributed by atoms with Crippen molar-refractivity contribution >= 4 is 11.7 Å². The molecule has 1 heterocycles. The van der Waals surface area contributed by atoms with E-state index in [1.807, 2.05) is 6.92 Å². The molecule has 6 nitrogen and oxygen atoms in total. The van der Waals surface area contributed by atoms with Crippen LogP contribution in [0.1, 0.15) is 30.1 Å². The lowest BCUT2D eigenvalue weighted by molar-refractivity contribution is 0.0944. The lowest BCUT2D eigenvalue weighted by atomic mass is 10.1. The second-order valence-electron chi connectivity index (χ2n) is 3.58. The van der Waals surface area contributed by atoms with Gasteiger partial charge in [-0.1, -0.05) is 18.5 Å². The third-order valence-corrected chi connectivity index (χ3v) is 2.28. The quantitative estimate of drug-likeness (QED) is 0.303. The van der Waals surface area contributed by atoms with Crippen LogP contribution >= 0.6 is 0 Å². The third-order valence-electron chi connectivity index (χ3n) is 2.28. The Morgan fingerprint density at radius 2 is 2.47 bits per heavy atom. The minimum atomic E-state index is -0.460. The van der Waals surface area contributed by atoms with E-state index in [9.17, 15) is 4.79 Å². The molecule has 1 rings (SSSR count). The lowest BCUT2D eigenvalue weighted by Crippen LogP contribution is -2.44. The van der Waals surface area contributed by atoms with Crippen LogP contribution < -0.4 is 11.1 Å². The van der Waals surface area contributed by atoms with E-state index in [0.29, 0.717) is 12.0 Å². The average Bonchev–Trinajstić information content (AvgIpc) is 2.38. The minimum Gasteiger partial charge on any atom is -0.409 e. The number of nitrogens with zero attached hydrogens (tertiary/aromatic N) is 2. The molecule has 17 heavy (non-hydrogen) atoms. The fraction of sp³-hybridized carbons (Fsp3) is 0.364. The predicted octanol–water partition coefficient (Wildman–Crippen LogP) is 0.726. The molecule has 0 aliphatic heterocycles. The van der Waals surface area contributed by atoms with Gasteiger partial charge in [0, 0.05) is 12.4 Å². The van der Waals surface area contributed by atoms with Gasteiger partial charge in [0.05, 0.1) is 11.6 Å². The number of pyridine rings is 1. The van der Waals surface area contributed by atoms with Crippen molar-refractivity contribution in [3.05, 3.63) is 30.1 Å². The summed E-state index contributed by atoms with van der Waals surface area (Å²) < 4.78 is 0. The van der Waals surface area contributed by atoms with Crippen LogP contribution in [0.2, 0.25) is 0 Å². The molecule has 0 fully saturated rings. The number of aromatic nitrogens is 1. The van der Waals surface area contributed by atoms with Gasteiger partial charge in [-0.25, -0.2) is 0 Å². The van der Waals surface area contributed by atoms with Crippen molar-refractivity contribution in [1.29, 1.82) is 0 Å². The van der Waals surface area contributed by atoms with Gasteiger partial charge in [-0.15, -0.1) is 0 Å². The van der Waals surface area contributed by atoms with E-state index in [-0.39, 0.29) is 11.7 Å². The second kappa shape index (κ2) is 6.47. The number of rotatable bonds is 5. The van der Waals surface area contributed by atoms with Crippen LogP contribution in [0.4, 0.5) is 0 Å². The van der Waals surface area contributed by atoms with Crippen LogP contribution in [0.15, 0.2) is 29.7 Å². The summed E-state index contributed by atoms with van der Waals surface area (Å²) in [5.74, 6) is -0.285. The molecule has 0 saturated carbocycles. The topological polar surface area (TPSA) is 101 Å². The van der Waals surface area contributed by atoms with E-state index < -0.39 is 6.04 Å². The van der Waals surface area contributed by atoms with E-state index in [1.165, 1.54) is 6.20 Å². The Morgan fingerprint density at radius 1 is 1.71 bits per heavy atom. The van der Waals surface area contributed by atoms with Crippen LogP contribution in [0.25, 0.3) is 0 Å². The molecule has 1 atom stereocenters. The highest BCUT2D eigenvalue weighted by atomic mass is 16.4. The Morgan fingerprint density at radius 3 is 3.00 bits per heavy atom. The van der Waals surface area contributed by atoms with Crippen LogP contribution in [0.5, 0.6) is 0 Å². The van der Waals surface area contributed by atoms with Crippen molar-refractivity contribution in [2.45, 2.75) is 25.8 Å². The smallest absolute Gasteiger partial charge is 0.253 e. The van der Waals surface area contributed by atoms with Gasteiger partial charge in [-0.3, -0.25) is 9.78 Å². The summed E-state index contributed by atoms with van der Waals surface area (Å²) in [6, 6.07) is 2.86. The molecule has 0 bridgehead atoms. The first kappa shape index (κ1) is 13.0. The molecule has 1 aromatic heterocycles. The molecule has 0 saturated heterocycles. The zero-order chi connectivity index (χ0) is 12.7. The number of amidine groups is 1. The summed E-state index contributed by atoms with van der Waals surface area (Å²) in [6.45, 7) is 1.95. The molecule has 0 aromatic carbocycles. The molecule has 0 spiro atoms. The third kappa shape index (κ3) is 3.75. The number of hydrogen-bond donors (Lipinski definition) is 3. The Labute approximate surface area is 99.5 Å². The van der Waals surface area contributed by atoms with Crippen molar-refractivity contribution in [2.75, 3.05) is 0 Å². The fourth-order valence-electron chi connectivity index (χ4n) is 1.39. The molecule has 6 heteroatoms. The number of oxime groups is 1. The van der Waals surface area contributed by atoms with Gasteiger partial charge in [0.25, 0.3) is 5.91 Å². The number of nitrogens with two attached hydrogens (primary N) is 1. The van der Waals surface area contributed by atoms with Gasteiger partial charge >= 0.3 is 0 Å². The number of hydrogen-bond acceptors (Lipinski definition) is 4. The van der Waals surface area contributed by atoms with Gasteiger partial charge < -0.3 is 16.3 Å². The molecule has 1 aromatic rings. The standard InChI is InChI=1S/C11H16N4O2/c1-2-4-9(10(12)15-17)14-11(16)8-5-3-6-13-7-8/h3,5-7,9,17H,2,4H2,1H3,(H2,12,15)(H,14,16). The molecule has 1 amide bonds. The number of amides is 1. The summed E-state index contributed by atoms with van der Waals surface area (Å²) in [7, 11) is 0. The first-order valence-electron chi connectivity index (χ1n) is 5.37. The lowest BCUT2D eigenvalue weighted by Gasteiger charge is -2.16.